The number of piperazine rings is 1. The molecule has 0 amide bonds. The van der Waals surface area contributed by atoms with Gasteiger partial charge in [-0.3, -0.25) is 4.90 Å². The van der Waals surface area contributed by atoms with Crippen molar-refractivity contribution in [2.45, 2.75) is 6.04 Å². The highest BCUT2D eigenvalue weighted by molar-refractivity contribution is 9.10. The predicted octanol–water partition coefficient (Wildman–Crippen LogP) is 3.58. The van der Waals surface area contributed by atoms with Crippen LogP contribution in [0.15, 0.2) is 53.0 Å². The van der Waals surface area contributed by atoms with E-state index < -0.39 is 0 Å². The summed E-state index contributed by atoms with van der Waals surface area (Å²) in [6.07, 6.45) is 0. The average molecular weight is 349 g/mol. The quantitative estimate of drug-likeness (QED) is 0.911. The van der Waals surface area contributed by atoms with Crippen molar-refractivity contribution >= 4 is 15.9 Å². The van der Waals surface area contributed by atoms with Crippen LogP contribution in [0.4, 0.5) is 4.39 Å². The summed E-state index contributed by atoms with van der Waals surface area (Å²) in [6.45, 7) is 3.88. The average Bonchev–Trinajstić information content (AvgIpc) is 2.49. The van der Waals surface area contributed by atoms with Gasteiger partial charge < -0.3 is 5.32 Å². The molecule has 1 saturated heterocycles. The summed E-state index contributed by atoms with van der Waals surface area (Å²) < 4.78 is 14.7. The molecule has 1 aliphatic rings. The lowest BCUT2D eigenvalue weighted by molar-refractivity contribution is 0.198. The highest BCUT2D eigenvalue weighted by Crippen LogP contribution is 2.30. The van der Waals surface area contributed by atoms with Gasteiger partial charge in [-0.25, -0.2) is 4.39 Å². The van der Waals surface area contributed by atoms with Gasteiger partial charge in [0.15, 0.2) is 0 Å². The molecule has 21 heavy (non-hydrogen) atoms. The van der Waals surface area contributed by atoms with Crippen LogP contribution in [0.5, 0.6) is 0 Å². The second-order valence-corrected chi connectivity index (χ2v) is 6.21. The van der Waals surface area contributed by atoms with Crippen molar-refractivity contribution in [3.8, 4) is 0 Å². The van der Waals surface area contributed by atoms with Crippen LogP contribution in [0.1, 0.15) is 17.2 Å². The fourth-order valence-electron chi connectivity index (χ4n) is 2.91. The third-order valence-corrected chi connectivity index (χ3v) is 4.34. The maximum absolute atomic E-state index is 13.6. The Bertz CT molecular complexity index is 566. The van der Waals surface area contributed by atoms with E-state index in [-0.39, 0.29) is 11.9 Å². The van der Waals surface area contributed by atoms with E-state index >= 15 is 0 Å². The minimum atomic E-state index is -0.178. The van der Waals surface area contributed by atoms with Gasteiger partial charge in [-0.05, 0) is 35.4 Å². The zero-order valence-corrected chi connectivity index (χ0v) is 13.3. The number of nitrogens with zero attached hydrogens (tertiary/aromatic N) is 1. The van der Waals surface area contributed by atoms with E-state index in [9.17, 15) is 4.39 Å². The van der Waals surface area contributed by atoms with Crippen molar-refractivity contribution in [2.24, 2.45) is 0 Å². The number of nitrogens with one attached hydrogen (secondary N) is 1. The highest BCUT2D eigenvalue weighted by Gasteiger charge is 2.24. The third-order valence-electron chi connectivity index (χ3n) is 3.85. The smallest absolute Gasteiger partial charge is 0.123 e. The van der Waals surface area contributed by atoms with Gasteiger partial charge in [0.05, 0.1) is 6.04 Å². The molecule has 0 aromatic heterocycles. The summed E-state index contributed by atoms with van der Waals surface area (Å²) in [7, 11) is 0. The Hall–Kier alpha value is -1.23. The molecular weight excluding hydrogens is 331 g/mol. The third kappa shape index (κ3) is 3.51. The van der Waals surface area contributed by atoms with Gasteiger partial charge in [-0.2, -0.15) is 0 Å². The summed E-state index contributed by atoms with van der Waals surface area (Å²) in [6, 6.07) is 15.3. The maximum atomic E-state index is 13.6. The van der Waals surface area contributed by atoms with E-state index in [2.05, 4.69) is 38.3 Å². The second-order valence-electron chi connectivity index (χ2n) is 5.30. The molecule has 0 bridgehead atoms. The van der Waals surface area contributed by atoms with Gasteiger partial charge in [0.2, 0.25) is 0 Å². The van der Waals surface area contributed by atoms with Crippen molar-refractivity contribution in [1.82, 2.24) is 10.2 Å². The van der Waals surface area contributed by atoms with Crippen LogP contribution >= 0.6 is 15.9 Å². The van der Waals surface area contributed by atoms with Crippen LogP contribution in [0.2, 0.25) is 0 Å². The number of rotatable bonds is 3. The first-order valence-corrected chi connectivity index (χ1v) is 7.99. The molecule has 2 aromatic rings. The Kier molecular flexibility index (Phi) is 4.68. The van der Waals surface area contributed by atoms with E-state index in [0.717, 1.165) is 36.2 Å². The first-order valence-electron chi connectivity index (χ1n) is 7.20. The number of hydrogen-bond donors (Lipinski definition) is 1. The molecule has 0 radical (unpaired) electrons. The minimum Gasteiger partial charge on any atom is -0.314 e. The van der Waals surface area contributed by atoms with Crippen LogP contribution in [-0.2, 0) is 0 Å². The second kappa shape index (κ2) is 6.69. The molecule has 1 aliphatic heterocycles. The van der Waals surface area contributed by atoms with Crippen molar-refractivity contribution in [2.75, 3.05) is 26.2 Å². The van der Waals surface area contributed by atoms with Crippen molar-refractivity contribution in [3.05, 3.63) is 69.9 Å². The molecule has 1 N–H and O–H groups in total. The first-order chi connectivity index (χ1) is 10.2. The molecule has 2 nitrogen and oxygen atoms in total. The van der Waals surface area contributed by atoms with Crippen molar-refractivity contribution in [1.29, 1.82) is 0 Å². The number of halogens is 2. The molecule has 1 fully saturated rings. The Labute approximate surface area is 133 Å². The molecule has 1 unspecified atom stereocenters. The van der Waals surface area contributed by atoms with E-state index in [1.807, 2.05) is 18.2 Å². The van der Waals surface area contributed by atoms with Crippen LogP contribution < -0.4 is 5.32 Å². The Morgan fingerprint density at radius 3 is 2.33 bits per heavy atom. The highest BCUT2D eigenvalue weighted by atomic mass is 79.9. The molecule has 4 heteroatoms. The molecule has 0 spiro atoms. The van der Waals surface area contributed by atoms with E-state index in [0.29, 0.717) is 0 Å². The lowest BCUT2D eigenvalue weighted by Gasteiger charge is -2.35. The Morgan fingerprint density at radius 1 is 1.00 bits per heavy atom. The summed E-state index contributed by atoms with van der Waals surface area (Å²) in [4.78, 5) is 2.41. The molecule has 0 saturated carbocycles. The fourth-order valence-corrected chi connectivity index (χ4v) is 3.32. The fraction of sp³-hybridized carbons (Fsp3) is 0.294. The van der Waals surface area contributed by atoms with Crippen LogP contribution in [0, 0.1) is 5.82 Å². The van der Waals surface area contributed by atoms with Gasteiger partial charge in [0.25, 0.3) is 0 Å². The van der Waals surface area contributed by atoms with Gasteiger partial charge in [-0.1, -0.05) is 40.2 Å². The summed E-state index contributed by atoms with van der Waals surface area (Å²) in [5.74, 6) is -0.178. The lowest BCUT2D eigenvalue weighted by atomic mass is 9.96. The van der Waals surface area contributed by atoms with Gasteiger partial charge in [0, 0.05) is 30.7 Å². The zero-order chi connectivity index (χ0) is 14.7. The number of hydrogen-bond acceptors (Lipinski definition) is 2. The van der Waals surface area contributed by atoms with E-state index in [4.69, 9.17) is 0 Å². The molecule has 3 rings (SSSR count). The normalized spacial score (nSPS) is 17.6. The van der Waals surface area contributed by atoms with Crippen molar-refractivity contribution in [3.63, 3.8) is 0 Å². The molecule has 110 valence electrons. The largest absolute Gasteiger partial charge is 0.314 e. The molecule has 1 atom stereocenters. The topological polar surface area (TPSA) is 15.3 Å². The van der Waals surface area contributed by atoms with Gasteiger partial charge >= 0.3 is 0 Å². The summed E-state index contributed by atoms with van der Waals surface area (Å²) >= 11 is 3.54. The zero-order valence-electron chi connectivity index (χ0n) is 11.7. The lowest BCUT2D eigenvalue weighted by Crippen LogP contribution is -2.45. The summed E-state index contributed by atoms with van der Waals surface area (Å²) in [5.41, 5.74) is 2.20. The molecule has 0 aliphatic carbocycles. The Morgan fingerprint density at radius 2 is 1.67 bits per heavy atom. The first kappa shape index (κ1) is 14.7. The van der Waals surface area contributed by atoms with Gasteiger partial charge in [-0.15, -0.1) is 0 Å². The monoisotopic (exact) mass is 348 g/mol. The molecule has 1 heterocycles. The summed E-state index contributed by atoms with van der Waals surface area (Å²) in [5, 5.41) is 3.37. The number of benzene rings is 2. The Balaban J connectivity index is 2.01. The van der Waals surface area contributed by atoms with Crippen LogP contribution in [-0.4, -0.2) is 31.1 Å². The van der Waals surface area contributed by atoms with Gasteiger partial charge in [0.1, 0.15) is 5.82 Å². The molecular formula is C17H18BrFN2. The molecule has 2 aromatic carbocycles. The SMILES string of the molecule is Fc1cccc(C(c2cccc(Br)c2)N2CCNCC2)c1. The maximum Gasteiger partial charge on any atom is 0.123 e. The van der Waals surface area contributed by atoms with Crippen LogP contribution in [0.3, 0.4) is 0 Å². The van der Waals surface area contributed by atoms with E-state index in [1.54, 1.807) is 12.1 Å². The minimum absolute atomic E-state index is 0.0975. The van der Waals surface area contributed by atoms with Crippen molar-refractivity contribution < 1.29 is 4.39 Å². The predicted molar refractivity (Wildman–Crippen MR) is 86.8 cm³/mol. The van der Waals surface area contributed by atoms with Crippen LogP contribution in [0.25, 0.3) is 0 Å². The van der Waals surface area contributed by atoms with E-state index in [1.165, 1.54) is 11.6 Å². The standard InChI is InChI=1S/C17H18BrFN2/c18-15-5-1-3-13(11-15)17(21-9-7-20-8-10-21)14-4-2-6-16(19)12-14/h1-6,11-12,17,20H,7-10H2.